The van der Waals surface area contributed by atoms with Gasteiger partial charge in [-0.15, -0.1) is 0 Å². The first-order valence-electron chi connectivity index (χ1n) is 9.22. The summed E-state index contributed by atoms with van der Waals surface area (Å²) >= 11 is 0. The third-order valence-corrected chi connectivity index (χ3v) is 4.49. The number of nitrogens with zero attached hydrogens (tertiary/aromatic N) is 1. The Morgan fingerprint density at radius 2 is 1.87 bits per heavy atom. The van der Waals surface area contributed by atoms with Crippen LogP contribution in [-0.2, 0) is 9.47 Å². The van der Waals surface area contributed by atoms with Gasteiger partial charge in [0.05, 0.1) is 6.61 Å². The molecule has 2 N–H and O–H groups in total. The van der Waals surface area contributed by atoms with Gasteiger partial charge in [0.25, 0.3) is 0 Å². The molecule has 0 saturated heterocycles. The van der Waals surface area contributed by atoms with Crippen LogP contribution in [0.5, 0.6) is 0 Å². The highest BCUT2D eigenvalue weighted by Crippen LogP contribution is 2.40. The van der Waals surface area contributed by atoms with Gasteiger partial charge in [0, 0.05) is 40.0 Å². The van der Waals surface area contributed by atoms with Crippen LogP contribution in [0.3, 0.4) is 0 Å². The van der Waals surface area contributed by atoms with Gasteiger partial charge in [-0.1, -0.05) is 26.7 Å². The van der Waals surface area contributed by atoms with E-state index in [1.807, 2.05) is 7.05 Å². The van der Waals surface area contributed by atoms with Gasteiger partial charge in [0.2, 0.25) is 0 Å². The van der Waals surface area contributed by atoms with E-state index in [9.17, 15) is 0 Å². The Morgan fingerprint density at radius 3 is 2.48 bits per heavy atom. The monoisotopic (exact) mass is 327 g/mol. The molecule has 5 heteroatoms. The Bertz CT molecular complexity index is 326. The van der Waals surface area contributed by atoms with Crippen molar-refractivity contribution in [2.75, 3.05) is 46.6 Å². The maximum Gasteiger partial charge on any atom is 0.191 e. The maximum absolute atomic E-state index is 5.59. The summed E-state index contributed by atoms with van der Waals surface area (Å²) in [6.07, 6.45) is 6.40. The molecule has 0 aromatic heterocycles. The lowest BCUT2D eigenvalue weighted by molar-refractivity contribution is 0.104. The summed E-state index contributed by atoms with van der Waals surface area (Å²) in [7, 11) is 1.83. The van der Waals surface area contributed by atoms with E-state index in [1.165, 1.54) is 25.7 Å². The Labute approximate surface area is 142 Å². The van der Waals surface area contributed by atoms with Crippen molar-refractivity contribution in [1.82, 2.24) is 10.6 Å². The molecule has 0 aromatic rings. The molecular weight excluding hydrogens is 290 g/mol. The summed E-state index contributed by atoms with van der Waals surface area (Å²) in [5.74, 6) is 1.46. The molecule has 5 nitrogen and oxygen atoms in total. The first kappa shape index (κ1) is 20.2. The average molecular weight is 328 g/mol. The minimum Gasteiger partial charge on any atom is -0.382 e. The Kier molecular flexibility index (Phi) is 10.3. The summed E-state index contributed by atoms with van der Waals surface area (Å²) in [6, 6.07) is 0. The van der Waals surface area contributed by atoms with Crippen LogP contribution in [0.1, 0.15) is 52.9 Å². The van der Waals surface area contributed by atoms with E-state index in [4.69, 9.17) is 9.47 Å². The molecule has 1 saturated carbocycles. The van der Waals surface area contributed by atoms with Crippen molar-refractivity contribution in [2.45, 2.75) is 52.9 Å². The molecule has 0 unspecified atom stereocenters. The number of ether oxygens (including phenoxy) is 2. The molecule has 0 atom stereocenters. The molecule has 23 heavy (non-hydrogen) atoms. The van der Waals surface area contributed by atoms with E-state index in [-0.39, 0.29) is 0 Å². The van der Waals surface area contributed by atoms with Crippen molar-refractivity contribution in [3.8, 4) is 0 Å². The molecule has 0 radical (unpaired) electrons. The minimum atomic E-state index is 0.376. The number of hydrogen-bond acceptors (Lipinski definition) is 3. The lowest BCUT2D eigenvalue weighted by atomic mass is 9.83. The number of nitrogens with one attached hydrogen (secondary N) is 2. The van der Waals surface area contributed by atoms with Gasteiger partial charge in [-0.3, -0.25) is 4.99 Å². The predicted octanol–water partition coefficient (Wildman–Crippen LogP) is 2.81. The molecule has 0 amide bonds. The summed E-state index contributed by atoms with van der Waals surface area (Å²) in [4.78, 5) is 4.32. The van der Waals surface area contributed by atoms with Gasteiger partial charge >= 0.3 is 0 Å². The summed E-state index contributed by atoms with van der Waals surface area (Å²) in [5, 5.41) is 6.84. The van der Waals surface area contributed by atoms with Crippen LogP contribution in [0.4, 0.5) is 0 Å². The summed E-state index contributed by atoms with van der Waals surface area (Å²) in [5.41, 5.74) is 0.376. The summed E-state index contributed by atoms with van der Waals surface area (Å²) in [6.45, 7) is 11.4. The van der Waals surface area contributed by atoms with Crippen LogP contribution in [0, 0.1) is 11.3 Å². The Morgan fingerprint density at radius 1 is 1.13 bits per heavy atom. The van der Waals surface area contributed by atoms with Crippen LogP contribution in [0.15, 0.2) is 4.99 Å². The molecule has 0 aromatic carbocycles. The lowest BCUT2D eigenvalue weighted by Gasteiger charge is -2.30. The van der Waals surface area contributed by atoms with Crippen molar-refractivity contribution >= 4 is 5.96 Å². The minimum absolute atomic E-state index is 0.376. The van der Waals surface area contributed by atoms with Crippen LogP contribution in [0.2, 0.25) is 0 Å². The topological polar surface area (TPSA) is 54.9 Å². The fourth-order valence-electron chi connectivity index (χ4n) is 3.13. The highest BCUT2D eigenvalue weighted by atomic mass is 16.5. The molecule has 1 rings (SSSR count). The van der Waals surface area contributed by atoms with Crippen LogP contribution < -0.4 is 10.6 Å². The quantitative estimate of drug-likeness (QED) is 0.348. The van der Waals surface area contributed by atoms with Gasteiger partial charge in [0.1, 0.15) is 0 Å². The van der Waals surface area contributed by atoms with Crippen LogP contribution in [0.25, 0.3) is 0 Å². The van der Waals surface area contributed by atoms with Crippen molar-refractivity contribution in [1.29, 1.82) is 0 Å². The fraction of sp³-hybridized carbons (Fsp3) is 0.944. The third-order valence-electron chi connectivity index (χ3n) is 4.49. The first-order valence-corrected chi connectivity index (χ1v) is 9.22. The van der Waals surface area contributed by atoms with E-state index in [0.717, 1.165) is 45.3 Å². The van der Waals surface area contributed by atoms with Crippen LogP contribution >= 0.6 is 0 Å². The second-order valence-corrected chi connectivity index (χ2v) is 6.98. The van der Waals surface area contributed by atoms with E-state index in [1.54, 1.807) is 0 Å². The molecule has 0 aliphatic heterocycles. The maximum atomic E-state index is 5.59. The smallest absolute Gasteiger partial charge is 0.191 e. The number of guanidine groups is 1. The lowest BCUT2D eigenvalue weighted by Crippen LogP contribution is -2.44. The normalized spacial score (nSPS) is 17.7. The van der Waals surface area contributed by atoms with Gasteiger partial charge in [-0.25, -0.2) is 0 Å². The van der Waals surface area contributed by atoms with E-state index < -0.39 is 0 Å². The zero-order valence-electron chi connectivity index (χ0n) is 15.6. The Hall–Kier alpha value is -0.810. The summed E-state index contributed by atoms with van der Waals surface area (Å²) < 4.78 is 11.2. The zero-order chi connectivity index (χ0) is 17.0. The molecule has 0 spiro atoms. The Balaban J connectivity index is 2.28. The highest BCUT2D eigenvalue weighted by molar-refractivity contribution is 5.79. The first-order chi connectivity index (χ1) is 11.1. The number of hydrogen-bond donors (Lipinski definition) is 2. The van der Waals surface area contributed by atoms with Crippen molar-refractivity contribution in [3.05, 3.63) is 0 Å². The van der Waals surface area contributed by atoms with Gasteiger partial charge in [-0.2, -0.15) is 0 Å². The van der Waals surface area contributed by atoms with E-state index in [0.29, 0.717) is 17.9 Å². The SMILES string of the molecule is CCOCCC1(CNC(=NC)NCCOCC(C)C)CCCC1. The molecule has 1 fully saturated rings. The zero-order valence-corrected chi connectivity index (χ0v) is 15.6. The van der Waals surface area contributed by atoms with Crippen molar-refractivity contribution in [3.63, 3.8) is 0 Å². The van der Waals surface area contributed by atoms with E-state index in [2.05, 4.69) is 36.4 Å². The molecule has 1 aliphatic rings. The second-order valence-electron chi connectivity index (χ2n) is 6.98. The fourth-order valence-corrected chi connectivity index (χ4v) is 3.13. The number of aliphatic imine (C=N–C) groups is 1. The van der Waals surface area contributed by atoms with Gasteiger partial charge in [-0.05, 0) is 37.5 Å². The molecule has 0 bridgehead atoms. The molecular formula is C18H37N3O2. The number of rotatable bonds is 11. The molecule has 0 heterocycles. The van der Waals surface area contributed by atoms with Crippen molar-refractivity contribution in [2.24, 2.45) is 16.3 Å². The third kappa shape index (κ3) is 8.56. The molecule has 136 valence electrons. The van der Waals surface area contributed by atoms with Crippen molar-refractivity contribution < 1.29 is 9.47 Å². The standard InChI is InChI=1S/C18H37N3O2/c1-5-22-12-10-18(8-6-7-9-18)15-21-17(19-4)20-11-13-23-14-16(2)3/h16H,5-15H2,1-4H3,(H2,19,20,21). The van der Waals surface area contributed by atoms with Gasteiger partial charge in [0.15, 0.2) is 5.96 Å². The van der Waals surface area contributed by atoms with E-state index >= 15 is 0 Å². The second kappa shape index (κ2) is 11.7. The van der Waals surface area contributed by atoms with Gasteiger partial charge < -0.3 is 20.1 Å². The van der Waals surface area contributed by atoms with Crippen LogP contribution in [-0.4, -0.2) is 52.5 Å². The largest absolute Gasteiger partial charge is 0.382 e. The molecule has 1 aliphatic carbocycles. The predicted molar refractivity (Wildman–Crippen MR) is 97.0 cm³/mol. The highest BCUT2D eigenvalue weighted by Gasteiger charge is 2.33. The average Bonchev–Trinajstić information content (AvgIpc) is 2.99.